The molecule has 1 heterocycles. The second-order valence-corrected chi connectivity index (χ2v) is 4.33. The summed E-state index contributed by atoms with van der Waals surface area (Å²) in [6, 6.07) is 10.9. The first-order valence-electron chi connectivity index (χ1n) is 6.11. The van der Waals surface area contributed by atoms with Crippen molar-refractivity contribution in [1.82, 2.24) is 0 Å². The lowest BCUT2D eigenvalue weighted by molar-refractivity contribution is 0.648. The Bertz CT molecular complexity index is 379. The fourth-order valence-corrected chi connectivity index (χ4v) is 2.35. The molecule has 0 aliphatic carbocycles. The first-order valence-corrected chi connectivity index (χ1v) is 6.11. The smallest absolute Gasteiger partial charge is 0.0621 e. The van der Waals surface area contributed by atoms with Crippen LogP contribution in [0.4, 0.5) is 5.69 Å². The number of aryl methyl sites for hydroxylation is 1. The van der Waals surface area contributed by atoms with Crippen LogP contribution in [0.3, 0.4) is 0 Å². The predicted molar refractivity (Wildman–Crippen MR) is 66.4 cm³/mol. The molecule has 1 aromatic rings. The highest BCUT2D eigenvalue weighted by Gasteiger charge is 2.14. The lowest BCUT2D eigenvalue weighted by atomic mass is 10.0. The normalized spacial score (nSPS) is 14.3. The quantitative estimate of drug-likeness (QED) is 0.720. The molecule has 0 aromatic heterocycles. The summed E-state index contributed by atoms with van der Waals surface area (Å²) in [5, 5.41) is 8.50. The van der Waals surface area contributed by atoms with E-state index in [4.69, 9.17) is 5.26 Å². The minimum atomic E-state index is 0.690. The summed E-state index contributed by atoms with van der Waals surface area (Å²) in [7, 11) is 0. The van der Waals surface area contributed by atoms with Crippen LogP contribution in [0.1, 0.15) is 31.2 Å². The van der Waals surface area contributed by atoms with Crippen molar-refractivity contribution in [2.75, 3.05) is 18.0 Å². The lowest BCUT2D eigenvalue weighted by Crippen LogP contribution is -2.30. The second kappa shape index (κ2) is 5.55. The molecule has 0 amide bonds. The van der Waals surface area contributed by atoms with Crippen molar-refractivity contribution in [1.29, 1.82) is 5.26 Å². The van der Waals surface area contributed by atoms with Crippen LogP contribution < -0.4 is 4.90 Å². The minimum absolute atomic E-state index is 0.690. The SMILES string of the molecule is N#CCCCCN1CCCc2ccccc21. The number of hydrogen-bond donors (Lipinski definition) is 0. The van der Waals surface area contributed by atoms with E-state index in [2.05, 4.69) is 35.2 Å². The number of rotatable bonds is 4. The van der Waals surface area contributed by atoms with E-state index in [1.807, 2.05) is 0 Å². The standard InChI is InChI=1S/C14H18N2/c15-10-4-1-5-11-16-12-6-8-13-7-2-3-9-14(13)16/h2-3,7,9H,1,4-6,8,11-12H2. The zero-order valence-electron chi connectivity index (χ0n) is 9.65. The Kier molecular flexibility index (Phi) is 3.82. The summed E-state index contributed by atoms with van der Waals surface area (Å²) >= 11 is 0. The third-order valence-corrected chi connectivity index (χ3v) is 3.17. The molecule has 2 heteroatoms. The van der Waals surface area contributed by atoms with Crippen molar-refractivity contribution in [3.63, 3.8) is 0 Å². The summed E-state index contributed by atoms with van der Waals surface area (Å²) in [6.45, 7) is 2.27. The van der Waals surface area contributed by atoms with Gasteiger partial charge in [-0.25, -0.2) is 0 Å². The van der Waals surface area contributed by atoms with Crippen LogP contribution in [0.5, 0.6) is 0 Å². The number of anilines is 1. The summed E-state index contributed by atoms with van der Waals surface area (Å²) in [5.74, 6) is 0. The van der Waals surface area contributed by atoms with Crippen molar-refractivity contribution in [3.8, 4) is 6.07 Å². The average molecular weight is 214 g/mol. The summed E-state index contributed by atoms with van der Waals surface area (Å²) in [6.07, 6.45) is 5.31. The number of nitrogens with zero attached hydrogens (tertiary/aromatic N) is 2. The Morgan fingerprint density at radius 3 is 3.00 bits per heavy atom. The van der Waals surface area contributed by atoms with Gasteiger partial charge < -0.3 is 4.90 Å². The Hall–Kier alpha value is -1.49. The van der Waals surface area contributed by atoms with E-state index in [1.165, 1.54) is 30.6 Å². The number of benzene rings is 1. The van der Waals surface area contributed by atoms with Gasteiger partial charge in [0.1, 0.15) is 0 Å². The average Bonchev–Trinajstić information content (AvgIpc) is 2.35. The Morgan fingerprint density at radius 2 is 2.12 bits per heavy atom. The largest absolute Gasteiger partial charge is 0.371 e. The topological polar surface area (TPSA) is 27.0 Å². The lowest BCUT2D eigenvalue weighted by Gasteiger charge is -2.31. The van der Waals surface area contributed by atoms with Crippen molar-refractivity contribution < 1.29 is 0 Å². The first kappa shape index (κ1) is 11.0. The molecule has 0 bridgehead atoms. The van der Waals surface area contributed by atoms with Crippen LogP contribution in [0.15, 0.2) is 24.3 Å². The molecule has 16 heavy (non-hydrogen) atoms. The van der Waals surface area contributed by atoms with E-state index in [0.29, 0.717) is 6.42 Å². The molecule has 84 valence electrons. The predicted octanol–water partition coefficient (Wildman–Crippen LogP) is 3.13. The molecular weight excluding hydrogens is 196 g/mol. The molecule has 0 unspecified atom stereocenters. The molecule has 1 aliphatic heterocycles. The van der Waals surface area contributed by atoms with Gasteiger partial charge in [-0.2, -0.15) is 5.26 Å². The molecular formula is C14H18N2. The zero-order chi connectivity index (χ0) is 11.2. The molecule has 2 nitrogen and oxygen atoms in total. The van der Waals surface area contributed by atoms with Gasteiger partial charge in [-0.05, 0) is 37.3 Å². The highest BCUT2D eigenvalue weighted by atomic mass is 15.1. The van der Waals surface area contributed by atoms with E-state index in [1.54, 1.807) is 0 Å². The van der Waals surface area contributed by atoms with Crippen molar-refractivity contribution in [2.24, 2.45) is 0 Å². The fourth-order valence-electron chi connectivity index (χ4n) is 2.35. The van der Waals surface area contributed by atoms with Crippen LogP contribution in [0, 0.1) is 11.3 Å². The maximum atomic E-state index is 8.50. The molecule has 2 rings (SSSR count). The van der Waals surface area contributed by atoms with Gasteiger partial charge in [-0.1, -0.05) is 18.2 Å². The van der Waals surface area contributed by atoms with Crippen LogP contribution in [0.2, 0.25) is 0 Å². The number of nitriles is 1. The number of unbranched alkanes of at least 4 members (excludes halogenated alkanes) is 2. The van der Waals surface area contributed by atoms with Gasteiger partial charge >= 0.3 is 0 Å². The summed E-state index contributed by atoms with van der Waals surface area (Å²) in [4.78, 5) is 2.47. The summed E-state index contributed by atoms with van der Waals surface area (Å²) in [5.41, 5.74) is 2.89. The van der Waals surface area contributed by atoms with Gasteiger partial charge in [-0.3, -0.25) is 0 Å². The van der Waals surface area contributed by atoms with E-state index in [0.717, 1.165) is 19.4 Å². The second-order valence-electron chi connectivity index (χ2n) is 4.33. The van der Waals surface area contributed by atoms with E-state index in [-0.39, 0.29) is 0 Å². The maximum Gasteiger partial charge on any atom is 0.0621 e. The molecule has 0 fully saturated rings. The Labute approximate surface area is 97.5 Å². The van der Waals surface area contributed by atoms with Crippen LogP contribution >= 0.6 is 0 Å². The van der Waals surface area contributed by atoms with Crippen LogP contribution in [-0.2, 0) is 6.42 Å². The van der Waals surface area contributed by atoms with Gasteiger partial charge in [-0.15, -0.1) is 0 Å². The van der Waals surface area contributed by atoms with Crippen LogP contribution in [0.25, 0.3) is 0 Å². The molecule has 0 saturated carbocycles. The maximum absolute atomic E-state index is 8.50. The molecule has 1 aromatic carbocycles. The van der Waals surface area contributed by atoms with Crippen molar-refractivity contribution >= 4 is 5.69 Å². The molecule has 0 spiro atoms. The number of para-hydroxylation sites is 1. The van der Waals surface area contributed by atoms with Crippen molar-refractivity contribution in [2.45, 2.75) is 32.1 Å². The fraction of sp³-hybridized carbons (Fsp3) is 0.500. The number of fused-ring (bicyclic) bond motifs is 1. The van der Waals surface area contributed by atoms with E-state index < -0.39 is 0 Å². The molecule has 0 saturated heterocycles. The molecule has 0 N–H and O–H groups in total. The third-order valence-electron chi connectivity index (χ3n) is 3.17. The highest BCUT2D eigenvalue weighted by Crippen LogP contribution is 2.26. The minimum Gasteiger partial charge on any atom is -0.371 e. The summed E-state index contributed by atoms with van der Waals surface area (Å²) < 4.78 is 0. The monoisotopic (exact) mass is 214 g/mol. The number of hydrogen-bond acceptors (Lipinski definition) is 2. The molecule has 0 radical (unpaired) electrons. The molecule has 1 aliphatic rings. The van der Waals surface area contributed by atoms with E-state index in [9.17, 15) is 0 Å². The van der Waals surface area contributed by atoms with Crippen LogP contribution in [-0.4, -0.2) is 13.1 Å². The van der Waals surface area contributed by atoms with Gasteiger partial charge in [0.15, 0.2) is 0 Å². The zero-order valence-corrected chi connectivity index (χ0v) is 9.65. The van der Waals surface area contributed by atoms with Crippen molar-refractivity contribution in [3.05, 3.63) is 29.8 Å². The van der Waals surface area contributed by atoms with Gasteiger partial charge in [0, 0.05) is 25.2 Å². The van der Waals surface area contributed by atoms with E-state index >= 15 is 0 Å². The first-order chi connectivity index (χ1) is 7.92. The third kappa shape index (κ3) is 2.55. The highest BCUT2D eigenvalue weighted by molar-refractivity contribution is 5.55. The Balaban J connectivity index is 1.94. The Morgan fingerprint density at radius 1 is 1.25 bits per heavy atom. The van der Waals surface area contributed by atoms with Gasteiger partial charge in [0.2, 0.25) is 0 Å². The van der Waals surface area contributed by atoms with Gasteiger partial charge in [0.05, 0.1) is 6.07 Å². The van der Waals surface area contributed by atoms with Gasteiger partial charge in [0.25, 0.3) is 0 Å². The molecule has 0 atom stereocenters.